The predicted molar refractivity (Wildman–Crippen MR) is 151 cm³/mol. The number of amides is 2. The van der Waals surface area contributed by atoms with E-state index in [0.29, 0.717) is 34.4 Å². The molecular formula is C27H35Cl2N3O5S. The molecule has 0 saturated heterocycles. The minimum Gasteiger partial charge on any atom is -0.492 e. The monoisotopic (exact) mass is 583 g/mol. The summed E-state index contributed by atoms with van der Waals surface area (Å²) in [5, 5.41) is 3.77. The van der Waals surface area contributed by atoms with Crippen molar-refractivity contribution in [2.24, 2.45) is 0 Å². The minimum atomic E-state index is -3.89. The van der Waals surface area contributed by atoms with E-state index in [4.69, 9.17) is 27.9 Å². The number of nitrogens with zero attached hydrogens (tertiary/aromatic N) is 2. The second-order valence-corrected chi connectivity index (χ2v) is 12.0. The highest BCUT2D eigenvalue weighted by Crippen LogP contribution is 2.31. The van der Waals surface area contributed by atoms with E-state index in [0.717, 1.165) is 36.2 Å². The van der Waals surface area contributed by atoms with E-state index >= 15 is 0 Å². The highest BCUT2D eigenvalue weighted by atomic mass is 35.5. The summed E-state index contributed by atoms with van der Waals surface area (Å²) in [6.07, 6.45) is 5.22. The number of hydrogen-bond acceptors (Lipinski definition) is 5. The third kappa shape index (κ3) is 7.55. The Morgan fingerprint density at radius 1 is 1.05 bits per heavy atom. The predicted octanol–water partition coefficient (Wildman–Crippen LogP) is 5.02. The zero-order valence-corrected chi connectivity index (χ0v) is 24.3. The SMILES string of the molecule is CCOc1ccccc1N(CC(=O)N(Cc1c(Cl)cccc1Cl)C(CC)C(=O)NC1CCCC1)S(C)(=O)=O. The van der Waals surface area contributed by atoms with Crippen LogP contribution in [0.2, 0.25) is 10.0 Å². The standard InChI is InChI=1S/C27H35Cl2N3O5S/c1-4-23(27(34)30-19-11-6-7-12-19)31(17-20-21(28)13-10-14-22(20)29)26(33)18-32(38(3,35)36)24-15-8-9-16-25(24)37-5-2/h8-10,13-16,19,23H,4-7,11-12,17-18H2,1-3H3,(H,30,34). The summed E-state index contributed by atoms with van der Waals surface area (Å²) in [5.74, 6) is -0.511. The van der Waals surface area contributed by atoms with E-state index in [1.807, 2.05) is 6.92 Å². The molecule has 0 spiro atoms. The summed E-state index contributed by atoms with van der Waals surface area (Å²) in [7, 11) is -3.89. The molecular weight excluding hydrogens is 549 g/mol. The van der Waals surface area contributed by atoms with Crippen molar-refractivity contribution in [3.63, 3.8) is 0 Å². The largest absolute Gasteiger partial charge is 0.492 e. The Kier molecular flexibility index (Phi) is 10.7. The van der Waals surface area contributed by atoms with Gasteiger partial charge in [-0.25, -0.2) is 8.42 Å². The van der Waals surface area contributed by atoms with E-state index in [1.54, 1.807) is 49.4 Å². The molecule has 38 heavy (non-hydrogen) atoms. The van der Waals surface area contributed by atoms with Crippen molar-refractivity contribution < 1.29 is 22.7 Å². The van der Waals surface area contributed by atoms with Crippen LogP contribution in [0.25, 0.3) is 0 Å². The number of ether oxygens (including phenoxy) is 1. The molecule has 0 aliphatic heterocycles. The van der Waals surface area contributed by atoms with Gasteiger partial charge in [0.2, 0.25) is 21.8 Å². The van der Waals surface area contributed by atoms with E-state index in [1.165, 1.54) is 4.90 Å². The fraction of sp³-hybridized carbons (Fsp3) is 0.481. The smallest absolute Gasteiger partial charge is 0.244 e. The van der Waals surface area contributed by atoms with Crippen molar-refractivity contribution in [2.45, 2.75) is 64.6 Å². The van der Waals surface area contributed by atoms with Gasteiger partial charge in [0.05, 0.1) is 18.6 Å². The molecule has 1 saturated carbocycles. The lowest BCUT2D eigenvalue weighted by molar-refractivity contribution is -0.140. The molecule has 8 nitrogen and oxygen atoms in total. The molecule has 0 aromatic heterocycles. The molecule has 0 radical (unpaired) electrons. The molecule has 3 rings (SSSR count). The summed E-state index contributed by atoms with van der Waals surface area (Å²) >= 11 is 12.9. The van der Waals surface area contributed by atoms with Crippen molar-refractivity contribution in [1.82, 2.24) is 10.2 Å². The van der Waals surface area contributed by atoms with Crippen LogP contribution in [-0.2, 0) is 26.2 Å². The fourth-order valence-electron chi connectivity index (χ4n) is 4.68. The van der Waals surface area contributed by atoms with Gasteiger partial charge in [-0.3, -0.25) is 13.9 Å². The molecule has 0 bridgehead atoms. The summed E-state index contributed by atoms with van der Waals surface area (Å²) in [5.41, 5.74) is 0.723. The Labute approximate surface area is 235 Å². The second kappa shape index (κ2) is 13.5. The number of rotatable bonds is 12. The molecule has 208 valence electrons. The van der Waals surface area contributed by atoms with Crippen molar-refractivity contribution in [3.05, 3.63) is 58.1 Å². The number of carbonyl (C=O) groups excluding carboxylic acids is 2. The maximum atomic E-state index is 13.9. The first-order valence-corrected chi connectivity index (χ1v) is 15.4. The van der Waals surface area contributed by atoms with E-state index < -0.39 is 28.5 Å². The molecule has 1 aliphatic carbocycles. The second-order valence-electron chi connectivity index (χ2n) is 9.31. The van der Waals surface area contributed by atoms with Gasteiger partial charge >= 0.3 is 0 Å². The first-order valence-electron chi connectivity index (χ1n) is 12.8. The van der Waals surface area contributed by atoms with E-state index in [9.17, 15) is 18.0 Å². The zero-order chi connectivity index (χ0) is 27.9. The summed E-state index contributed by atoms with van der Waals surface area (Å²) in [4.78, 5) is 28.7. The molecule has 0 heterocycles. The average molecular weight is 585 g/mol. The Morgan fingerprint density at radius 3 is 2.26 bits per heavy atom. The molecule has 1 atom stereocenters. The Morgan fingerprint density at radius 2 is 1.68 bits per heavy atom. The lowest BCUT2D eigenvalue weighted by Gasteiger charge is -2.34. The van der Waals surface area contributed by atoms with Gasteiger partial charge in [0.15, 0.2) is 0 Å². The van der Waals surface area contributed by atoms with Crippen LogP contribution in [0.3, 0.4) is 0 Å². The lowest BCUT2D eigenvalue weighted by Crippen LogP contribution is -2.53. The normalized spacial score (nSPS) is 14.7. The van der Waals surface area contributed by atoms with Crippen LogP contribution >= 0.6 is 23.2 Å². The molecule has 2 amide bonds. The Bertz CT molecular complexity index is 1210. The maximum absolute atomic E-state index is 13.9. The molecule has 2 aromatic carbocycles. The van der Waals surface area contributed by atoms with Crippen LogP contribution in [0.5, 0.6) is 5.75 Å². The Hall–Kier alpha value is -2.49. The molecule has 1 aliphatic rings. The van der Waals surface area contributed by atoms with Gasteiger partial charge in [-0.2, -0.15) is 0 Å². The molecule has 2 aromatic rings. The first-order chi connectivity index (χ1) is 18.1. The van der Waals surface area contributed by atoms with Crippen LogP contribution < -0.4 is 14.4 Å². The summed E-state index contributed by atoms with van der Waals surface area (Å²) in [6.45, 7) is 3.33. The summed E-state index contributed by atoms with van der Waals surface area (Å²) < 4.78 is 32.4. The van der Waals surface area contributed by atoms with Gasteiger partial charge in [0.25, 0.3) is 0 Å². The van der Waals surface area contributed by atoms with E-state index in [-0.39, 0.29) is 24.2 Å². The van der Waals surface area contributed by atoms with Gasteiger partial charge < -0.3 is 15.0 Å². The van der Waals surface area contributed by atoms with Crippen LogP contribution in [0.4, 0.5) is 5.69 Å². The van der Waals surface area contributed by atoms with Gasteiger partial charge in [-0.1, -0.05) is 61.2 Å². The molecule has 1 fully saturated rings. The zero-order valence-electron chi connectivity index (χ0n) is 22.0. The number of anilines is 1. The van der Waals surface area contributed by atoms with E-state index in [2.05, 4.69) is 5.32 Å². The Balaban J connectivity index is 2.00. The van der Waals surface area contributed by atoms with Gasteiger partial charge in [0, 0.05) is 28.2 Å². The van der Waals surface area contributed by atoms with Crippen molar-refractivity contribution in [2.75, 3.05) is 23.7 Å². The first kappa shape index (κ1) is 30.1. The third-order valence-electron chi connectivity index (χ3n) is 6.59. The van der Waals surface area contributed by atoms with Crippen LogP contribution in [-0.4, -0.2) is 56.6 Å². The lowest BCUT2D eigenvalue weighted by atomic mass is 10.1. The van der Waals surface area contributed by atoms with Crippen molar-refractivity contribution in [3.8, 4) is 5.75 Å². The number of para-hydroxylation sites is 2. The van der Waals surface area contributed by atoms with Crippen molar-refractivity contribution in [1.29, 1.82) is 0 Å². The highest BCUT2D eigenvalue weighted by molar-refractivity contribution is 7.92. The third-order valence-corrected chi connectivity index (χ3v) is 8.43. The maximum Gasteiger partial charge on any atom is 0.244 e. The van der Waals surface area contributed by atoms with Gasteiger partial charge in [0.1, 0.15) is 18.3 Å². The highest BCUT2D eigenvalue weighted by Gasteiger charge is 2.34. The van der Waals surface area contributed by atoms with Crippen LogP contribution in [0.1, 0.15) is 51.5 Å². The molecule has 11 heteroatoms. The number of halogens is 2. The number of sulfonamides is 1. The number of nitrogens with one attached hydrogen (secondary N) is 1. The number of benzene rings is 2. The minimum absolute atomic E-state index is 0.0569. The number of hydrogen-bond donors (Lipinski definition) is 1. The van der Waals surface area contributed by atoms with Gasteiger partial charge in [-0.05, 0) is 50.5 Å². The number of carbonyl (C=O) groups is 2. The fourth-order valence-corrected chi connectivity index (χ4v) is 6.05. The molecule has 1 unspecified atom stereocenters. The molecule has 1 N–H and O–H groups in total. The average Bonchev–Trinajstić information content (AvgIpc) is 3.37. The summed E-state index contributed by atoms with van der Waals surface area (Å²) in [6, 6.07) is 10.8. The van der Waals surface area contributed by atoms with Crippen LogP contribution in [0, 0.1) is 0 Å². The van der Waals surface area contributed by atoms with Crippen molar-refractivity contribution >= 4 is 50.7 Å². The topological polar surface area (TPSA) is 96.0 Å². The van der Waals surface area contributed by atoms with Gasteiger partial charge in [-0.15, -0.1) is 0 Å². The quantitative estimate of drug-likeness (QED) is 0.378. The van der Waals surface area contributed by atoms with Crippen LogP contribution in [0.15, 0.2) is 42.5 Å².